The first-order chi connectivity index (χ1) is 14.9. The molecule has 0 atom stereocenters. The van der Waals surface area contributed by atoms with Crippen LogP contribution in [0.2, 0.25) is 0 Å². The number of para-hydroxylation sites is 1. The van der Waals surface area contributed by atoms with Crippen molar-refractivity contribution >= 4 is 38.1 Å². The topological polar surface area (TPSA) is 79.8 Å². The Morgan fingerprint density at radius 3 is 2.45 bits per heavy atom. The molecule has 2 aromatic carbocycles. The summed E-state index contributed by atoms with van der Waals surface area (Å²) in [7, 11) is -3.72. The van der Waals surface area contributed by atoms with Crippen LogP contribution < -0.4 is 4.90 Å². The van der Waals surface area contributed by atoms with Crippen LogP contribution in [0.25, 0.3) is 0 Å². The van der Waals surface area contributed by atoms with Gasteiger partial charge in [-0.3, -0.25) is 9.69 Å². The summed E-state index contributed by atoms with van der Waals surface area (Å²) in [4.78, 5) is 19.8. The number of aromatic nitrogens is 1. The lowest BCUT2D eigenvalue weighted by Gasteiger charge is -2.26. The first kappa shape index (κ1) is 21.6. The molecule has 7 nitrogen and oxygen atoms in total. The predicted molar refractivity (Wildman–Crippen MR) is 121 cm³/mol. The van der Waals surface area contributed by atoms with Crippen LogP contribution >= 0.6 is 11.3 Å². The zero-order valence-electron chi connectivity index (χ0n) is 17.3. The van der Waals surface area contributed by atoms with Gasteiger partial charge in [-0.25, -0.2) is 13.4 Å². The number of carbonyl (C=O) groups is 1. The molecule has 9 heteroatoms. The highest BCUT2D eigenvalue weighted by atomic mass is 32.2. The number of nitrogens with zero attached hydrogens (tertiary/aromatic N) is 3. The third-order valence-corrected chi connectivity index (χ3v) is 7.90. The average Bonchev–Trinajstić information content (AvgIpc) is 3.21. The molecule has 162 valence electrons. The van der Waals surface area contributed by atoms with Gasteiger partial charge in [0, 0.05) is 24.0 Å². The molecule has 3 aromatic rings. The summed E-state index contributed by atoms with van der Waals surface area (Å²) in [6.45, 7) is 5.00. The van der Waals surface area contributed by atoms with E-state index in [1.54, 1.807) is 19.1 Å². The molecule has 31 heavy (non-hydrogen) atoms. The third kappa shape index (κ3) is 4.40. The van der Waals surface area contributed by atoms with Crippen LogP contribution in [0.1, 0.15) is 21.6 Å². The van der Waals surface area contributed by atoms with Crippen molar-refractivity contribution in [2.75, 3.05) is 31.2 Å². The Morgan fingerprint density at radius 1 is 1.10 bits per heavy atom. The number of hydrogen-bond donors (Lipinski definition) is 0. The summed E-state index contributed by atoms with van der Waals surface area (Å²) in [5, 5.41) is 2.42. The molecule has 2 heterocycles. The number of ether oxygens (including phenoxy) is 1. The van der Waals surface area contributed by atoms with E-state index in [1.807, 2.05) is 42.6 Å². The van der Waals surface area contributed by atoms with Gasteiger partial charge >= 0.3 is 0 Å². The van der Waals surface area contributed by atoms with E-state index >= 15 is 0 Å². The minimum atomic E-state index is -3.72. The molecule has 0 spiro atoms. The van der Waals surface area contributed by atoms with E-state index in [2.05, 4.69) is 4.98 Å². The predicted octanol–water partition coefficient (Wildman–Crippen LogP) is 3.76. The van der Waals surface area contributed by atoms with Crippen molar-refractivity contribution in [3.8, 4) is 0 Å². The van der Waals surface area contributed by atoms with E-state index in [-0.39, 0.29) is 10.8 Å². The molecule has 0 unspecified atom stereocenters. The maximum Gasteiger partial charge on any atom is 0.264 e. The Balaban J connectivity index is 1.77. The number of sulfonamides is 1. The van der Waals surface area contributed by atoms with Crippen molar-refractivity contribution in [2.45, 2.75) is 18.7 Å². The Morgan fingerprint density at radius 2 is 1.81 bits per heavy atom. The van der Waals surface area contributed by atoms with Crippen LogP contribution in [-0.2, 0) is 14.8 Å². The fourth-order valence-electron chi connectivity index (χ4n) is 3.38. The molecule has 0 radical (unpaired) electrons. The maximum absolute atomic E-state index is 13.7. The molecule has 0 N–H and O–H groups in total. The molecule has 0 bridgehead atoms. The quantitative estimate of drug-likeness (QED) is 0.583. The molecular formula is C22H23N3O4S2. The summed E-state index contributed by atoms with van der Waals surface area (Å²) in [5.74, 6) is -0.322. The minimum Gasteiger partial charge on any atom is -0.379 e. The Hall–Kier alpha value is -2.59. The fourth-order valence-corrected chi connectivity index (χ4v) is 5.64. The molecule has 1 aliphatic heterocycles. The highest BCUT2D eigenvalue weighted by Crippen LogP contribution is 2.31. The van der Waals surface area contributed by atoms with Crippen LogP contribution in [0.15, 0.2) is 58.8 Å². The molecular weight excluding hydrogens is 434 g/mol. The number of hydrogen-bond acceptors (Lipinski definition) is 6. The number of carbonyl (C=O) groups excluding carboxylic acids is 1. The molecule has 0 aliphatic carbocycles. The zero-order chi connectivity index (χ0) is 22.0. The van der Waals surface area contributed by atoms with Crippen molar-refractivity contribution in [2.24, 2.45) is 0 Å². The monoisotopic (exact) mass is 457 g/mol. The second kappa shape index (κ2) is 8.88. The Labute approximate surface area is 186 Å². The van der Waals surface area contributed by atoms with E-state index in [1.165, 1.54) is 26.6 Å². The number of morpholine rings is 1. The number of thiazole rings is 1. The van der Waals surface area contributed by atoms with Crippen LogP contribution in [0.5, 0.6) is 0 Å². The van der Waals surface area contributed by atoms with E-state index in [0.29, 0.717) is 48.2 Å². The number of amides is 1. The molecule has 1 saturated heterocycles. The van der Waals surface area contributed by atoms with Gasteiger partial charge in [0.05, 0.1) is 29.5 Å². The van der Waals surface area contributed by atoms with Crippen LogP contribution in [0.3, 0.4) is 0 Å². The SMILES string of the molecule is Cc1csc(N(C(=O)c2cc(S(=O)(=O)N3CCOCC3)ccc2C)c2ccccc2)n1. The summed E-state index contributed by atoms with van der Waals surface area (Å²) in [6, 6.07) is 13.9. The Bertz CT molecular complexity index is 1190. The van der Waals surface area contributed by atoms with Crippen LogP contribution in [0.4, 0.5) is 10.8 Å². The van der Waals surface area contributed by atoms with Gasteiger partial charge in [-0.15, -0.1) is 11.3 Å². The minimum absolute atomic E-state index is 0.103. The zero-order valence-corrected chi connectivity index (χ0v) is 18.9. The van der Waals surface area contributed by atoms with E-state index in [9.17, 15) is 13.2 Å². The van der Waals surface area contributed by atoms with Crippen molar-refractivity contribution < 1.29 is 17.9 Å². The van der Waals surface area contributed by atoms with Gasteiger partial charge in [0.25, 0.3) is 5.91 Å². The normalized spacial score (nSPS) is 15.0. The van der Waals surface area contributed by atoms with Gasteiger partial charge in [-0.05, 0) is 43.7 Å². The summed E-state index contributed by atoms with van der Waals surface area (Å²) in [6.07, 6.45) is 0. The van der Waals surface area contributed by atoms with Gasteiger partial charge in [0.15, 0.2) is 5.13 Å². The van der Waals surface area contributed by atoms with Crippen LogP contribution in [0, 0.1) is 13.8 Å². The average molecular weight is 458 g/mol. The van der Waals surface area contributed by atoms with Crippen molar-refractivity contribution in [1.29, 1.82) is 0 Å². The van der Waals surface area contributed by atoms with Crippen molar-refractivity contribution in [3.05, 3.63) is 70.7 Å². The van der Waals surface area contributed by atoms with Gasteiger partial charge in [0.2, 0.25) is 10.0 Å². The molecule has 1 fully saturated rings. The van der Waals surface area contributed by atoms with Gasteiger partial charge < -0.3 is 4.74 Å². The Kier molecular flexibility index (Phi) is 6.19. The summed E-state index contributed by atoms with van der Waals surface area (Å²) >= 11 is 1.37. The second-order valence-electron chi connectivity index (χ2n) is 7.24. The summed E-state index contributed by atoms with van der Waals surface area (Å²) in [5.41, 5.74) is 2.50. The number of aryl methyl sites for hydroxylation is 2. The molecule has 0 saturated carbocycles. The van der Waals surface area contributed by atoms with E-state index in [0.717, 1.165) is 5.69 Å². The lowest BCUT2D eigenvalue weighted by molar-refractivity contribution is 0.0730. The van der Waals surface area contributed by atoms with Gasteiger partial charge in [0.1, 0.15) is 0 Å². The summed E-state index contributed by atoms with van der Waals surface area (Å²) < 4.78 is 32.9. The second-order valence-corrected chi connectivity index (χ2v) is 10.0. The lowest BCUT2D eigenvalue weighted by Crippen LogP contribution is -2.40. The molecule has 1 amide bonds. The fraction of sp³-hybridized carbons (Fsp3) is 0.273. The van der Waals surface area contributed by atoms with Crippen molar-refractivity contribution in [3.63, 3.8) is 0 Å². The number of rotatable bonds is 5. The standard InChI is InChI=1S/C22H23N3O4S2/c1-16-8-9-19(31(27,28)24-10-12-29-13-11-24)14-20(16)21(26)25(18-6-4-3-5-7-18)22-23-17(2)15-30-22/h3-9,14-15H,10-13H2,1-2H3. The maximum atomic E-state index is 13.7. The first-order valence-electron chi connectivity index (χ1n) is 9.88. The van der Waals surface area contributed by atoms with Crippen LogP contribution in [-0.4, -0.2) is 49.9 Å². The number of anilines is 2. The highest BCUT2D eigenvalue weighted by molar-refractivity contribution is 7.89. The third-order valence-electron chi connectivity index (χ3n) is 5.06. The molecule has 1 aliphatic rings. The lowest BCUT2D eigenvalue weighted by atomic mass is 10.1. The van der Waals surface area contributed by atoms with Gasteiger partial charge in [-0.1, -0.05) is 24.3 Å². The molecule has 1 aromatic heterocycles. The smallest absolute Gasteiger partial charge is 0.264 e. The van der Waals surface area contributed by atoms with E-state index in [4.69, 9.17) is 4.74 Å². The van der Waals surface area contributed by atoms with Crippen molar-refractivity contribution in [1.82, 2.24) is 9.29 Å². The van der Waals surface area contributed by atoms with E-state index < -0.39 is 10.0 Å². The van der Waals surface area contributed by atoms with Gasteiger partial charge in [-0.2, -0.15) is 4.31 Å². The number of benzene rings is 2. The highest BCUT2D eigenvalue weighted by Gasteiger charge is 2.29. The first-order valence-corrected chi connectivity index (χ1v) is 12.2. The largest absolute Gasteiger partial charge is 0.379 e. The molecule has 4 rings (SSSR count).